The minimum Gasteiger partial charge on any atom is -0.481 e. The van der Waals surface area contributed by atoms with Gasteiger partial charge in [0.15, 0.2) is 0 Å². The lowest BCUT2D eigenvalue weighted by molar-refractivity contribution is 0.201. The number of hydrogen-bond donors (Lipinski definition) is 1. The van der Waals surface area contributed by atoms with Crippen LogP contribution in [0.5, 0.6) is 11.9 Å². The van der Waals surface area contributed by atoms with Crippen LogP contribution in [-0.4, -0.2) is 36.3 Å². The molecule has 1 N–H and O–H groups in total. The van der Waals surface area contributed by atoms with Crippen molar-refractivity contribution in [1.82, 2.24) is 15.3 Å². The van der Waals surface area contributed by atoms with Crippen LogP contribution < -0.4 is 14.8 Å². The van der Waals surface area contributed by atoms with E-state index in [1.54, 1.807) is 13.2 Å². The first-order chi connectivity index (χ1) is 7.28. The Labute approximate surface area is 88.8 Å². The maximum absolute atomic E-state index is 5.63. The maximum Gasteiger partial charge on any atom is 0.320 e. The van der Waals surface area contributed by atoms with Crippen LogP contribution in [0.4, 0.5) is 0 Å². The van der Waals surface area contributed by atoms with Gasteiger partial charge in [-0.15, -0.1) is 0 Å². The van der Waals surface area contributed by atoms with Crippen molar-refractivity contribution in [1.29, 1.82) is 0 Å². The molecular weight excluding hydrogens is 194 g/mol. The molecule has 0 bridgehead atoms. The molecule has 1 aliphatic heterocycles. The number of aromatic nitrogens is 2. The zero-order valence-electron chi connectivity index (χ0n) is 8.99. The maximum atomic E-state index is 5.63. The fourth-order valence-corrected chi connectivity index (χ4v) is 1.55. The highest BCUT2D eigenvalue weighted by atomic mass is 16.5. The molecule has 0 saturated carbocycles. The molecule has 1 aromatic heterocycles. The molecule has 0 unspecified atom stereocenters. The van der Waals surface area contributed by atoms with E-state index in [9.17, 15) is 0 Å². The van der Waals surface area contributed by atoms with Gasteiger partial charge in [-0.2, -0.15) is 4.98 Å². The minimum atomic E-state index is 0.177. The molecule has 2 heterocycles. The highest BCUT2D eigenvalue weighted by molar-refractivity contribution is 5.17. The van der Waals surface area contributed by atoms with Gasteiger partial charge in [0.1, 0.15) is 6.10 Å². The zero-order chi connectivity index (χ0) is 10.7. The van der Waals surface area contributed by atoms with Crippen LogP contribution in [0, 0.1) is 6.92 Å². The summed E-state index contributed by atoms with van der Waals surface area (Å²) in [5, 5.41) is 3.22. The fraction of sp³-hybridized carbons (Fsp3) is 0.600. The number of nitrogens with one attached hydrogen (secondary N) is 1. The average molecular weight is 209 g/mol. The van der Waals surface area contributed by atoms with Gasteiger partial charge < -0.3 is 14.8 Å². The number of rotatable bonds is 3. The number of ether oxygens (including phenoxy) is 2. The summed E-state index contributed by atoms with van der Waals surface area (Å²) < 4.78 is 10.7. The fourth-order valence-electron chi connectivity index (χ4n) is 1.55. The Hall–Kier alpha value is -1.36. The summed E-state index contributed by atoms with van der Waals surface area (Å²) in [5.74, 6) is 0.545. The molecule has 1 atom stereocenters. The predicted molar refractivity (Wildman–Crippen MR) is 55.2 cm³/mol. The minimum absolute atomic E-state index is 0.177. The largest absolute Gasteiger partial charge is 0.481 e. The molecular formula is C10H15N3O2. The van der Waals surface area contributed by atoms with Crippen molar-refractivity contribution >= 4 is 0 Å². The summed E-state index contributed by atoms with van der Waals surface area (Å²) in [4.78, 5) is 8.34. The second-order valence-electron chi connectivity index (χ2n) is 3.57. The molecule has 5 heteroatoms. The van der Waals surface area contributed by atoms with Crippen LogP contribution >= 0.6 is 0 Å². The highest BCUT2D eigenvalue weighted by Gasteiger charge is 2.17. The monoisotopic (exact) mass is 209 g/mol. The van der Waals surface area contributed by atoms with E-state index in [-0.39, 0.29) is 6.10 Å². The summed E-state index contributed by atoms with van der Waals surface area (Å²) in [7, 11) is 1.59. The van der Waals surface area contributed by atoms with E-state index >= 15 is 0 Å². The van der Waals surface area contributed by atoms with E-state index in [1.165, 1.54) is 0 Å². The smallest absolute Gasteiger partial charge is 0.320 e. The van der Waals surface area contributed by atoms with Gasteiger partial charge >= 0.3 is 6.01 Å². The van der Waals surface area contributed by atoms with Crippen LogP contribution in [0.25, 0.3) is 0 Å². The molecule has 0 aliphatic carbocycles. The lowest BCUT2D eigenvalue weighted by Gasteiger charge is -2.11. The van der Waals surface area contributed by atoms with E-state index in [1.807, 2.05) is 6.92 Å². The van der Waals surface area contributed by atoms with Gasteiger partial charge in [-0.3, -0.25) is 0 Å². The normalized spacial score (nSPS) is 20.3. The lowest BCUT2D eigenvalue weighted by Crippen LogP contribution is -2.20. The third-order valence-electron chi connectivity index (χ3n) is 2.31. The lowest BCUT2D eigenvalue weighted by atomic mass is 10.3. The SMILES string of the molecule is COc1cc(C)nc(O[C@H]2CCNC2)n1. The van der Waals surface area contributed by atoms with Crippen LogP contribution in [-0.2, 0) is 0 Å². The molecule has 0 radical (unpaired) electrons. The summed E-state index contributed by atoms with van der Waals surface area (Å²) in [5.41, 5.74) is 0.850. The van der Waals surface area contributed by atoms with Gasteiger partial charge in [0.2, 0.25) is 5.88 Å². The number of methoxy groups -OCH3 is 1. The summed E-state index contributed by atoms with van der Waals surface area (Å²) in [6.45, 7) is 3.75. The van der Waals surface area contributed by atoms with E-state index in [0.29, 0.717) is 11.9 Å². The third kappa shape index (κ3) is 2.56. The van der Waals surface area contributed by atoms with Crippen molar-refractivity contribution in [2.45, 2.75) is 19.4 Å². The van der Waals surface area contributed by atoms with Crippen LogP contribution in [0.2, 0.25) is 0 Å². The number of aryl methyl sites for hydroxylation is 1. The van der Waals surface area contributed by atoms with Gasteiger partial charge in [-0.1, -0.05) is 0 Å². The topological polar surface area (TPSA) is 56.3 Å². The Kier molecular flexibility index (Phi) is 3.01. The van der Waals surface area contributed by atoms with Gasteiger partial charge in [0.25, 0.3) is 0 Å². The Bertz CT molecular complexity index is 337. The molecule has 82 valence electrons. The first-order valence-corrected chi connectivity index (χ1v) is 5.05. The molecule has 1 fully saturated rings. The molecule has 5 nitrogen and oxygen atoms in total. The molecule has 1 aliphatic rings. The predicted octanol–water partition coefficient (Wildman–Crippen LogP) is 0.534. The van der Waals surface area contributed by atoms with E-state index < -0.39 is 0 Å². The third-order valence-corrected chi connectivity index (χ3v) is 2.31. The summed E-state index contributed by atoms with van der Waals surface area (Å²) in [6.07, 6.45) is 1.18. The van der Waals surface area contributed by atoms with Gasteiger partial charge in [0.05, 0.1) is 7.11 Å². The van der Waals surface area contributed by atoms with Crippen molar-refractivity contribution in [2.75, 3.05) is 20.2 Å². The number of nitrogens with zero attached hydrogens (tertiary/aromatic N) is 2. The summed E-state index contributed by atoms with van der Waals surface area (Å²) in [6, 6.07) is 2.18. The van der Waals surface area contributed by atoms with E-state index in [4.69, 9.17) is 9.47 Å². The molecule has 0 aromatic carbocycles. The first kappa shape index (κ1) is 10.2. The van der Waals surface area contributed by atoms with Crippen molar-refractivity contribution < 1.29 is 9.47 Å². The van der Waals surface area contributed by atoms with Crippen molar-refractivity contribution in [2.24, 2.45) is 0 Å². The Morgan fingerprint density at radius 3 is 3.00 bits per heavy atom. The van der Waals surface area contributed by atoms with Gasteiger partial charge in [-0.25, -0.2) is 4.98 Å². The molecule has 0 amide bonds. The number of hydrogen-bond acceptors (Lipinski definition) is 5. The van der Waals surface area contributed by atoms with Crippen molar-refractivity contribution in [3.8, 4) is 11.9 Å². The van der Waals surface area contributed by atoms with E-state index in [2.05, 4.69) is 15.3 Å². The summed E-state index contributed by atoms with van der Waals surface area (Å²) >= 11 is 0. The molecule has 15 heavy (non-hydrogen) atoms. The van der Waals surface area contributed by atoms with Crippen LogP contribution in [0.15, 0.2) is 6.07 Å². The first-order valence-electron chi connectivity index (χ1n) is 5.05. The Morgan fingerprint density at radius 1 is 1.47 bits per heavy atom. The average Bonchev–Trinajstić information content (AvgIpc) is 2.69. The van der Waals surface area contributed by atoms with Crippen LogP contribution in [0.3, 0.4) is 0 Å². The van der Waals surface area contributed by atoms with Crippen LogP contribution in [0.1, 0.15) is 12.1 Å². The second kappa shape index (κ2) is 4.44. The van der Waals surface area contributed by atoms with Gasteiger partial charge in [-0.05, 0) is 19.9 Å². The Morgan fingerprint density at radius 2 is 2.33 bits per heavy atom. The molecule has 0 spiro atoms. The Balaban J connectivity index is 2.09. The second-order valence-corrected chi connectivity index (χ2v) is 3.57. The zero-order valence-corrected chi connectivity index (χ0v) is 8.99. The van der Waals surface area contributed by atoms with E-state index in [0.717, 1.165) is 25.2 Å². The van der Waals surface area contributed by atoms with Crippen molar-refractivity contribution in [3.63, 3.8) is 0 Å². The van der Waals surface area contributed by atoms with Crippen molar-refractivity contribution in [3.05, 3.63) is 11.8 Å². The molecule has 1 saturated heterocycles. The standard InChI is InChI=1S/C10H15N3O2/c1-7-5-9(14-2)13-10(12-7)15-8-3-4-11-6-8/h5,8,11H,3-4,6H2,1-2H3/t8-/m0/s1. The van der Waals surface area contributed by atoms with Gasteiger partial charge in [0, 0.05) is 18.3 Å². The quantitative estimate of drug-likeness (QED) is 0.787. The molecule has 2 rings (SSSR count). The molecule has 1 aromatic rings. The highest BCUT2D eigenvalue weighted by Crippen LogP contribution is 2.15.